The third-order valence-electron chi connectivity index (χ3n) is 4.35. The number of thioether (sulfide) groups is 1. The minimum Gasteiger partial charge on any atom is -0.491 e. The van der Waals surface area contributed by atoms with E-state index in [4.69, 9.17) is 13.9 Å². The molecule has 1 aromatic heterocycles. The summed E-state index contributed by atoms with van der Waals surface area (Å²) in [4.78, 5) is 27.9. The van der Waals surface area contributed by atoms with Gasteiger partial charge in [0, 0.05) is 0 Å². The number of carbonyl (C=O) groups excluding carboxylic acids is 2. The van der Waals surface area contributed by atoms with Crippen molar-refractivity contribution >= 4 is 29.1 Å². The first-order valence-electron chi connectivity index (χ1n) is 10.0. The fourth-order valence-corrected chi connectivity index (χ4v) is 4.07. The molecule has 30 heavy (non-hydrogen) atoms. The van der Waals surface area contributed by atoms with Gasteiger partial charge in [-0.2, -0.15) is 0 Å². The van der Waals surface area contributed by atoms with Gasteiger partial charge in [-0.1, -0.05) is 12.1 Å². The third kappa shape index (κ3) is 5.34. The van der Waals surface area contributed by atoms with Gasteiger partial charge in [0.05, 0.1) is 47.9 Å². The van der Waals surface area contributed by atoms with Gasteiger partial charge < -0.3 is 13.9 Å². The maximum atomic E-state index is 13.2. The molecule has 0 spiro atoms. The normalized spacial score (nSPS) is 14.5. The molecule has 2 amide bonds. The highest BCUT2D eigenvalue weighted by atomic mass is 32.2. The van der Waals surface area contributed by atoms with Crippen LogP contribution in [0.2, 0.25) is 0 Å². The van der Waals surface area contributed by atoms with Crippen molar-refractivity contribution < 1.29 is 23.5 Å². The number of nitrogens with zero attached hydrogens (tertiary/aromatic N) is 1. The second kappa shape index (κ2) is 10.00. The van der Waals surface area contributed by atoms with E-state index in [2.05, 4.69) is 0 Å². The Balaban J connectivity index is 1.86. The second-order valence-corrected chi connectivity index (χ2v) is 8.43. The minimum atomic E-state index is -0.299. The number of imide groups is 1. The molecule has 3 rings (SSSR count). The molecule has 0 radical (unpaired) electrons. The van der Waals surface area contributed by atoms with Crippen LogP contribution in [0.4, 0.5) is 0 Å². The predicted octanol–water partition coefficient (Wildman–Crippen LogP) is 4.51. The van der Waals surface area contributed by atoms with Gasteiger partial charge in [0.15, 0.2) is 0 Å². The van der Waals surface area contributed by atoms with Crippen molar-refractivity contribution in [2.75, 3.05) is 13.2 Å². The van der Waals surface area contributed by atoms with Crippen LogP contribution in [-0.2, 0) is 20.1 Å². The average Bonchev–Trinajstić information content (AvgIpc) is 3.28. The van der Waals surface area contributed by atoms with Crippen LogP contribution in [0.1, 0.15) is 39.0 Å². The van der Waals surface area contributed by atoms with E-state index >= 15 is 0 Å². The third-order valence-corrected chi connectivity index (χ3v) is 5.44. The first kappa shape index (κ1) is 22.2. The molecular formula is C23H27NO5S. The van der Waals surface area contributed by atoms with E-state index < -0.39 is 0 Å². The van der Waals surface area contributed by atoms with Gasteiger partial charge >= 0.3 is 0 Å². The zero-order valence-corrected chi connectivity index (χ0v) is 18.5. The summed E-state index contributed by atoms with van der Waals surface area (Å²) in [5.74, 6) is 1.34. The number of hydrogen-bond donors (Lipinski definition) is 0. The van der Waals surface area contributed by atoms with Crippen molar-refractivity contribution in [3.05, 3.63) is 58.9 Å². The summed E-state index contributed by atoms with van der Waals surface area (Å²) in [5.41, 5.74) is 1.11. The zero-order valence-electron chi connectivity index (χ0n) is 17.7. The molecule has 0 unspecified atom stereocenters. The predicted molar refractivity (Wildman–Crippen MR) is 117 cm³/mol. The topological polar surface area (TPSA) is 69.0 Å². The Morgan fingerprint density at radius 1 is 1.00 bits per heavy atom. The molecule has 0 N–H and O–H groups in total. The van der Waals surface area contributed by atoms with Gasteiger partial charge in [-0.15, -0.1) is 11.8 Å². The largest absolute Gasteiger partial charge is 0.491 e. The highest BCUT2D eigenvalue weighted by molar-refractivity contribution is 8.03. The van der Waals surface area contributed by atoms with E-state index in [1.165, 1.54) is 16.7 Å². The van der Waals surface area contributed by atoms with E-state index in [9.17, 15) is 9.59 Å². The summed E-state index contributed by atoms with van der Waals surface area (Å²) >= 11 is 1.32. The first-order valence-corrected chi connectivity index (χ1v) is 11.0. The zero-order chi connectivity index (χ0) is 21.7. The SMILES string of the molecule is CC(C)OCCN1C(=O)C(SCc2ccco2)=C(c2ccc(OC(C)C)cc2)C1=O. The lowest BCUT2D eigenvalue weighted by atomic mass is 10.1. The molecule has 0 fully saturated rings. The molecule has 0 saturated heterocycles. The van der Waals surface area contributed by atoms with Crippen molar-refractivity contribution in [3.63, 3.8) is 0 Å². The molecule has 0 saturated carbocycles. The van der Waals surface area contributed by atoms with Crippen LogP contribution in [-0.4, -0.2) is 42.1 Å². The Morgan fingerprint density at radius 2 is 1.73 bits per heavy atom. The smallest absolute Gasteiger partial charge is 0.268 e. The molecule has 1 aliphatic rings. The Labute approximate surface area is 181 Å². The van der Waals surface area contributed by atoms with Crippen LogP contribution < -0.4 is 4.74 Å². The molecule has 0 bridgehead atoms. The van der Waals surface area contributed by atoms with Crippen molar-refractivity contribution in [2.24, 2.45) is 0 Å². The standard InChI is InChI=1S/C23H27NO5S/c1-15(2)27-13-11-24-22(25)20(17-7-9-18(10-8-17)29-16(3)4)21(23(24)26)30-14-19-6-5-12-28-19/h5-10,12,15-16H,11,13-14H2,1-4H3. The van der Waals surface area contributed by atoms with Crippen molar-refractivity contribution in [1.82, 2.24) is 4.90 Å². The molecule has 160 valence electrons. The van der Waals surface area contributed by atoms with E-state index in [1.807, 2.05) is 58.0 Å². The number of ether oxygens (including phenoxy) is 2. The first-order chi connectivity index (χ1) is 14.4. The molecular weight excluding hydrogens is 402 g/mol. The number of amides is 2. The molecule has 0 atom stereocenters. The molecule has 2 heterocycles. The summed E-state index contributed by atoms with van der Waals surface area (Å²) in [6, 6.07) is 10.9. The molecule has 1 aromatic carbocycles. The van der Waals surface area contributed by atoms with Gasteiger partial charge in [-0.3, -0.25) is 14.5 Å². The fraction of sp³-hybridized carbons (Fsp3) is 0.391. The van der Waals surface area contributed by atoms with Crippen LogP contribution >= 0.6 is 11.8 Å². The molecule has 7 heteroatoms. The van der Waals surface area contributed by atoms with E-state index in [1.54, 1.807) is 12.3 Å². The quantitative estimate of drug-likeness (QED) is 0.518. The number of furan rings is 1. The summed E-state index contributed by atoms with van der Waals surface area (Å²) in [5, 5.41) is 0. The van der Waals surface area contributed by atoms with E-state index in [0.29, 0.717) is 28.4 Å². The Kier molecular flexibility index (Phi) is 7.39. The summed E-state index contributed by atoms with van der Waals surface area (Å²) < 4.78 is 16.6. The molecule has 6 nitrogen and oxygen atoms in total. The maximum Gasteiger partial charge on any atom is 0.268 e. The summed E-state index contributed by atoms with van der Waals surface area (Å²) in [6.45, 7) is 8.27. The Hall–Kier alpha value is -2.51. The fourth-order valence-electron chi connectivity index (χ4n) is 3.04. The number of benzene rings is 1. The van der Waals surface area contributed by atoms with Gasteiger partial charge in [-0.05, 0) is 57.5 Å². The monoisotopic (exact) mass is 429 g/mol. The van der Waals surface area contributed by atoms with Crippen LogP contribution in [0.3, 0.4) is 0 Å². The number of hydrogen-bond acceptors (Lipinski definition) is 6. The summed E-state index contributed by atoms with van der Waals surface area (Å²) in [7, 11) is 0. The van der Waals surface area contributed by atoms with Gasteiger partial charge in [0.1, 0.15) is 11.5 Å². The van der Waals surface area contributed by atoms with E-state index in [-0.39, 0.29) is 30.6 Å². The Bertz CT molecular complexity index is 900. The Morgan fingerprint density at radius 3 is 2.33 bits per heavy atom. The van der Waals surface area contributed by atoms with Crippen LogP contribution in [0, 0.1) is 0 Å². The highest BCUT2D eigenvalue weighted by Gasteiger charge is 2.39. The lowest BCUT2D eigenvalue weighted by Gasteiger charge is -2.16. The summed E-state index contributed by atoms with van der Waals surface area (Å²) in [6.07, 6.45) is 1.68. The van der Waals surface area contributed by atoms with Crippen LogP contribution in [0.5, 0.6) is 5.75 Å². The number of carbonyl (C=O) groups is 2. The molecule has 0 aliphatic carbocycles. The maximum absolute atomic E-state index is 13.2. The minimum absolute atomic E-state index is 0.0338. The van der Waals surface area contributed by atoms with Gasteiger partial charge in [-0.25, -0.2) is 0 Å². The highest BCUT2D eigenvalue weighted by Crippen LogP contribution is 2.38. The van der Waals surface area contributed by atoms with Gasteiger partial charge in [0.2, 0.25) is 0 Å². The van der Waals surface area contributed by atoms with Crippen LogP contribution in [0.25, 0.3) is 5.57 Å². The van der Waals surface area contributed by atoms with Crippen LogP contribution in [0.15, 0.2) is 52.0 Å². The van der Waals surface area contributed by atoms with Crippen molar-refractivity contribution in [3.8, 4) is 5.75 Å². The lowest BCUT2D eigenvalue weighted by molar-refractivity contribution is -0.137. The number of rotatable bonds is 10. The van der Waals surface area contributed by atoms with Gasteiger partial charge in [0.25, 0.3) is 11.8 Å². The second-order valence-electron chi connectivity index (χ2n) is 7.44. The van der Waals surface area contributed by atoms with Crippen molar-refractivity contribution in [1.29, 1.82) is 0 Å². The van der Waals surface area contributed by atoms with E-state index in [0.717, 1.165) is 11.5 Å². The average molecular weight is 430 g/mol. The lowest BCUT2D eigenvalue weighted by Crippen LogP contribution is -2.35. The molecule has 2 aromatic rings. The molecule has 1 aliphatic heterocycles. The van der Waals surface area contributed by atoms with Crippen molar-refractivity contribution in [2.45, 2.75) is 45.7 Å².